The third kappa shape index (κ3) is 7.57. The molecule has 5 aromatic rings. The lowest BCUT2D eigenvalue weighted by atomic mass is 9.99. The van der Waals surface area contributed by atoms with Gasteiger partial charge in [0.25, 0.3) is 0 Å². The summed E-state index contributed by atoms with van der Waals surface area (Å²) in [5.74, 6) is 1.04. The quantitative estimate of drug-likeness (QED) is 0.161. The van der Waals surface area contributed by atoms with Crippen molar-refractivity contribution in [2.45, 2.75) is 30.9 Å². The van der Waals surface area contributed by atoms with Gasteiger partial charge in [-0.25, -0.2) is 0 Å². The van der Waals surface area contributed by atoms with Crippen LogP contribution in [0.5, 0.6) is 11.5 Å². The fraction of sp³-hybridized carbons (Fsp3) is 0.194. The van der Waals surface area contributed by atoms with E-state index in [9.17, 15) is 9.59 Å². The standard InChI is InChI=1S/C36H35N3O4S/c1-24-13-14-26(18-32(24)42-3)17-31(36(41)37-2)39-34(40)23-44-33-16-15-27-11-7-8-12-30(27)35(33)28-19-29(21-38-20-28)43-22-25-9-5-4-6-10-25/h4-16,18-21,31H,17,22-23H2,1-3H3,(H,37,41)(H,39,40)/t31-/m1/s1. The highest BCUT2D eigenvalue weighted by atomic mass is 32.2. The Morgan fingerprint density at radius 3 is 2.50 bits per heavy atom. The summed E-state index contributed by atoms with van der Waals surface area (Å²) in [5.41, 5.74) is 4.84. The van der Waals surface area contributed by atoms with Gasteiger partial charge in [0.2, 0.25) is 11.8 Å². The zero-order valence-corrected chi connectivity index (χ0v) is 25.8. The predicted molar refractivity (Wildman–Crippen MR) is 176 cm³/mol. The molecule has 0 aliphatic heterocycles. The first-order valence-electron chi connectivity index (χ1n) is 14.4. The highest BCUT2D eigenvalue weighted by Crippen LogP contribution is 2.38. The van der Waals surface area contributed by atoms with Crippen LogP contribution < -0.4 is 20.1 Å². The van der Waals surface area contributed by atoms with E-state index >= 15 is 0 Å². The molecule has 2 N–H and O–H groups in total. The second-order valence-corrected chi connectivity index (χ2v) is 11.4. The van der Waals surface area contributed by atoms with Crippen molar-refractivity contribution in [2.75, 3.05) is 19.9 Å². The number of likely N-dealkylation sites (N-methyl/N-ethyl adjacent to an activating group) is 1. The first-order chi connectivity index (χ1) is 21.4. The number of benzene rings is 4. The van der Waals surface area contributed by atoms with Crippen molar-refractivity contribution < 1.29 is 19.1 Å². The Morgan fingerprint density at radius 2 is 1.70 bits per heavy atom. The van der Waals surface area contributed by atoms with Gasteiger partial charge in [0.1, 0.15) is 24.1 Å². The van der Waals surface area contributed by atoms with E-state index in [2.05, 4.69) is 33.8 Å². The molecule has 0 saturated carbocycles. The van der Waals surface area contributed by atoms with Crippen LogP contribution in [0, 0.1) is 6.92 Å². The molecule has 2 amide bonds. The van der Waals surface area contributed by atoms with E-state index in [1.54, 1.807) is 20.4 Å². The van der Waals surface area contributed by atoms with Crippen LogP contribution in [0.25, 0.3) is 21.9 Å². The molecule has 1 atom stereocenters. The number of hydrogen-bond acceptors (Lipinski definition) is 6. The number of fused-ring (bicyclic) bond motifs is 1. The number of carbonyl (C=O) groups is 2. The molecule has 0 spiro atoms. The Hall–Kier alpha value is -4.82. The number of amides is 2. The molecular formula is C36H35N3O4S. The molecule has 0 fully saturated rings. The maximum absolute atomic E-state index is 13.2. The van der Waals surface area contributed by atoms with Gasteiger partial charge >= 0.3 is 0 Å². The molecule has 0 unspecified atom stereocenters. The molecule has 0 bridgehead atoms. The summed E-state index contributed by atoms with van der Waals surface area (Å²) in [6.07, 6.45) is 3.87. The number of aryl methyl sites for hydroxylation is 1. The lowest BCUT2D eigenvalue weighted by Crippen LogP contribution is -2.47. The number of aromatic nitrogens is 1. The number of thioether (sulfide) groups is 1. The minimum atomic E-state index is -0.723. The minimum Gasteiger partial charge on any atom is -0.496 e. The van der Waals surface area contributed by atoms with Crippen LogP contribution in [0.2, 0.25) is 0 Å². The van der Waals surface area contributed by atoms with Gasteiger partial charge in [-0.2, -0.15) is 0 Å². The summed E-state index contributed by atoms with van der Waals surface area (Å²) >= 11 is 1.42. The molecule has 8 heteroatoms. The highest BCUT2D eigenvalue weighted by Gasteiger charge is 2.21. The van der Waals surface area contributed by atoms with E-state index in [1.807, 2.05) is 85.9 Å². The zero-order chi connectivity index (χ0) is 30.9. The zero-order valence-electron chi connectivity index (χ0n) is 25.0. The second kappa shape index (κ2) is 14.6. The normalized spacial score (nSPS) is 11.5. The van der Waals surface area contributed by atoms with Crippen molar-refractivity contribution in [1.29, 1.82) is 0 Å². The van der Waals surface area contributed by atoms with Gasteiger partial charge in [0.15, 0.2) is 0 Å². The van der Waals surface area contributed by atoms with Crippen molar-refractivity contribution in [3.63, 3.8) is 0 Å². The van der Waals surface area contributed by atoms with Crippen LogP contribution in [0.1, 0.15) is 16.7 Å². The molecule has 0 radical (unpaired) electrons. The average Bonchev–Trinajstić information content (AvgIpc) is 3.06. The van der Waals surface area contributed by atoms with E-state index in [1.165, 1.54) is 11.8 Å². The number of nitrogens with zero attached hydrogens (tertiary/aromatic N) is 1. The lowest BCUT2D eigenvalue weighted by molar-refractivity contribution is -0.127. The molecule has 0 aliphatic carbocycles. The summed E-state index contributed by atoms with van der Waals surface area (Å²) in [6, 6.07) is 29.3. The molecule has 7 nitrogen and oxygen atoms in total. The predicted octanol–water partition coefficient (Wildman–Crippen LogP) is 6.36. The fourth-order valence-corrected chi connectivity index (χ4v) is 5.94. The van der Waals surface area contributed by atoms with Crippen LogP contribution in [0.15, 0.2) is 108 Å². The van der Waals surface area contributed by atoms with Gasteiger partial charge < -0.3 is 20.1 Å². The Labute approximate surface area is 262 Å². The number of methoxy groups -OCH3 is 1. The molecule has 0 saturated heterocycles. The summed E-state index contributed by atoms with van der Waals surface area (Å²) in [7, 11) is 3.19. The topological polar surface area (TPSA) is 89.6 Å². The Kier molecular flexibility index (Phi) is 10.1. The Bertz CT molecular complexity index is 1760. The van der Waals surface area contributed by atoms with Gasteiger partial charge in [-0.1, -0.05) is 72.8 Å². The molecule has 224 valence electrons. The number of ether oxygens (including phenoxy) is 2. The first kappa shape index (κ1) is 30.6. The summed E-state index contributed by atoms with van der Waals surface area (Å²) in [5, 5.41) is 7.74. The number of rotatable bonds is 12. The van der Waals surface area contributed by atoms with Crippen LogP contribution in [-0.2, 0) is 22.6 Å². The van der Waals surface area contributed by atoms with E-state index in [0.717, 1.165) is 49.2 Å². The van der Waals surface area contributed by atoms with Gasteiger partial charge in [0, 0.05) is 35.7 Å². The molecule has 1 heterocycles. The molecule has 1 aromatic heterocycles. The first-order valence-corrected chi connectivity index (χ1v) is 15.3. The van der Waals surface area contributed by atoms with Crippen molar-refractivity contribution in [1.82, 2.24) is 15.6 Å². The van der Waals surface area contributed by atoms with Crippen LogP contribution >= 0.6 is 11.8 Å². The van der Waals surface area contributed by atoms with Crippen LogP contribution in [0.4, 0.5) is 0 Å². The van der Waals surface area contributed by atoms with E-state index < -0.39 is 6.04 Å². The number of carbonyl (C=O) groups excluding carboxylic acids is 2. The molecule has 4 aromatic carbocycles. The smallest absolute Gasteiger partial charge is 0.242 e. The van der Waals surface area contributed by atoms with Crippen molar-refractivity contribution in [3.05, 3.63) is 120 Å². The van der Waals surface area contributed by atoms with Gasteiger partial charge in [-0.3, -0.25) is 14.6 Å². The number of pyridine rings is 1. The summed E-state index contributed by atoms with van der Waals surface area (Å²) in [6.45, 7) is 2.40. The van der Waals surface area contributed by atoms with E-state index in [4.69, 9.17) is 9.47 Å². The van der Waals surface area contributed by atoms with E-state index in [-0.39, 0.29) is 17.6 Å². The average molecular weight is 606 g/mol. The molecular weight excluding hydrogens is 570 g/mol. The molecule has 0 aliphatic rings. The third-order valence-electron chi connectivity index (χ3n) is 7.31. The van der Waals surface area contributed by atoms with Crippen molar-refractivity contribution in [3.8, 4) is 22.6 Å². The SMILES string of the molecule is CNC(=O)[C@@H](Cc1ccc(C)c(OC)c1)NC(=O)CSc1ccc2ccccc2c1-c1cncc(OCc2ccccc2)c1. The molecule has 5 rings (SSSR count). The number of nitrogens with one attached hydrogen (secondary N) is 2. The summed E-state index contributed by atoms with van der Waals surface area (Å²) in [4.78, 5) is 31.4. The Balaban J connectivity index is 1.35. The maximum atomic E-state index is 13.2. The van der Waals surface area contributed by atoms with E-state index in [0.29, 0.717) is 18.8 Å². The van der Waals surface area contributed by atoms with Crippen molar-refractivity contribution >= 4 is 34.3 Å². The number of hydrogen-bond donors (Lipinski definition) is 2. The minimum absolute atomic E-state index is 0.133. The van der Waals surface area contributed by atoms with Gasteiger partial charge in [-0.05, 0) is 52.6 Å². The van der Waals surface area contributed by atoms with Gasteiger partial charge in [0.05, 0.1) is 19.1 Å². The third-order valence-corrected chi connectivity index (χ3v) is 8.37. The maximum Gasteiger partial charge on any atom is 0.242 e. The van der Waals surface area contributed by atoms with Crippen LogP contribution in [-0.4, -0.2) is 42.8 Å². The Morgan fingerprint density at radius 1 is 0.909 bits per heavy atom. The fourth-order valence-electron chi connectivity index (χ4n) is 5.03. The summed E-state index contributed by atoms with van der Waals surface area (Å²) < 4.78 is 11.5. The largest absolute Gasteiger partial charge is 0.496 e. The molecule has 44 heavy (non-hydrogen) atoms. The highest BCUT2D eigenvalue weighted by molar-refractivity contribution is 8.00. The van der Waals surface area contributed by atoms with Crippen LogP contribution in [0.3, 0.4) is 0 Å². The monoisotopic (exact) mass is 605 g/mol. The van der Waals surface area contributed by atoms with Crippen molar-refractivity contribution in [2.24, 2.45) is 0 Å². The lowest BCUT2D eigenvalue weighted by Gasteiger charge is -2.19. The second-order valence-electron chi connectivity index (χ2n) is 10.4. The van der Waals surface area contributed by atoms with Gasteiger partial charge in [-0.15, -0.1) is 11.8 Å².